The van der Waals surface area contributed by atoms with Crippen LogP contribution in [0.25, 0.3) is 17.0 Å². The number of hydroxylamine groups is 1. The summed E-state index contributed by atoms with van der Waals surface area (Å²) in [6.07, 6.45) is 11.0. The second-order valence-corrected chi connectivity index (χ2v) is 9.43. The molecule has 1 amide bonds. The maximum absolute atomic E-state index is 13.6. The molecule has 0 saturated carbocycles. The molecule has 0 spiro atoms. The van der Waals surface area contributed by atoms with Crippen molar-refractivity contribution in [2.75, 3.05) is 6.54 Å². The zero-order valence-electron chi connectivity index (χ0n) is 20.4. The zero-order valence-corrected chi connectivity index (χ0v) is 20.4. The molecule has 186 valence electrons. The van der Waals surface area contributed by atoms with E-state index in [1.807, 2.05) is 18.3 Å². The number of aromatic amines is 2. The predicted octanol–water partition coefficient (Wildman–Crippen LogP) is 5.45. The standard InChI is InChI=1S/C29H31FN4O2/c1-2-24-14-20(16-31-24)18-34(12-11-22-17-32-27-15-23(30)6-8-25(22)27)28-9-5-21-13-19(3-7-26(21)28)4-10-29(35)33-36/h3-4,6-8,10,13-17,28,31-32,36H,2,5,9,11-12,18H2,1H3,(H,33,35). The number of aromatic nitrogens is 2. The highest BCUT2D eigenvalue weighted by atomic mass is 19.1. The lowest BCUT2D eigenvalue weighted by molar-refractivity contribution is -0.124. The van der Waals surface area contributed by atoms with Crippen LogP contribution in [0.1, 0.15) is 52.9 Å². The van der Waals surface area contributed by atoms with Crippen LogP contribution in [0.3, 0.4) is 0 Å². The van der Waals surface area contributed by atoms with Gasteiger partial charge in [0.25, 0.3) is 5.91 Å². The minimum absolute atomic E-state index is 0.231. The van der Waals surface area contributed by atoms with Gasteiger partial charge >= 0.3 is 0 Å². The number of carbonyl (C=O) groups excluding carboxylic acids is 1. The average Bonchev–Trinajstić information content (AvgIpc) is 3.62. The Bertz CT molecular complexity index is 1400. The topological polar surface area (TPSA) is 84.2 Å². The molecule has 0 radical (unpaired) electrons. The van der Waals surface area contributed by atoms with Gasteiger partial charge in [0.15, 0.2) is 0 Å². The molecule has 1 aliphatic rings. The Morgan fingerprint density at radius 3 is 2.89 bits per heavy atom. The molecule has 36 heavy (non-hydrogen) atoms. The van der Waals surface area contributed by atoms with Crippen molar-refractivity contribution in [2.45, 2.75) is 45.2 Å². The fourth-order valence-corrected chi connectivity index (χ4v) is 5.30. The van der Waals surface area contributed by atoms with E-state index in [0.717, 1.165) is 55.2 Å². The van der Waals surface area contributed by atoms with E-state index >= 15 is 0 Å². The second kappa shape index (κ2) is 10.5. The molecular weight excluding hydrogens is 455 g/mol. The smallest absolute Gasteiger partial charge is 0.267 e. The average molecular weight is 487 g/mol. The minimum atomic E-state index is -0.544. The Labute approximate surface area is 209 Å². The third kappa shape index (κ3) is 5.12. The molecule has 4 N–H and O–H groups in total. The van der Waals surface area contributed by atoms with Crippen LogP contribution in [0.4, 0.5) is 4.39 Å². The summed E-state index contributed by atoms with van der Waals surface area (Å²) in [4.78, 5) is 20.5. The molecule has 1 aliphatic carbocycles. The number of benzene rings is 2. The maximum atomic E-state index is 13.6. The lowest BCUT2D eigenvalue weighted by Crippen LogP contribution is -2.29. The monoisotopic (exact) mass is 486 g/mol. The number of rotatable bonds is 9. The summed E-state index contributed by atoms with van der Waals surface area (Å²) in [5.41, 5.74) is 9.71. The molecule has 0 saturated heterocycles. The number of nitrogens with zero attached hydrogens (tertiary/aromatic N) is 1. The number of hydrogen-bond donors (Lipinski definition) is 4. The van der Waals surface area contributed by atoms with Crippen LogP contribution in [0, 0.1) is 5.82 Å². The van der Waals surface area contributed by atoms with Crippen LogP contribution in [0.5, 0.6) is 0 Å². The molecule has 1 unspecified atom stereocenters. The summed E-state index contributed by atoms with van der Waals surface area (Å²) in [6.45, 7) is 3.87. The molecule has 6 nitrogen and oxygen atoms in total. The van der Waals surface area contributed by atoms with Crippen molar-refractivity contribution >= 4 is 22.9 Å². The first-order chi connectivity index (χ1) is 17.5. The Hall–Kier alpha value is -3.68. The molecule has 2 heterocycles. The molecule has 2 aromatic carbocycles. The number of halogens is 1. The summed E-state index contributed by atoms with van der Waals surface area (Å²) in [6, 6.07) is 13.8. The summed E-state index contributed by atoms with van der Waals surface area (Å²) in [7, 11) is 0. The van der Waals surface area contributed by atoms with Crippen LogP contribution in [-0.4, -0.2) is 32.5 Å². The number of aryl methyl sites for hydroxylation is 2. The van der Waals surface area contributed by atoms with Crippen LogP contribution < -0.4 is 5.48 Å². The van der Waals surface area contributed by atoms with Crippen molar-refractivity contribution in [1.29, 1.82) is 0 Å². The quantitative estimate of drug-likeness (QED) is 0.144. The molecule has 2 aromatic heterocycles. The number of fused-ring (bicyclic) bond motifs is 2. The van der Waals surface area contributed by atoms with Crippen molar-refractivity contribution in [3.05, 3.63) is 100 Å². The summed E-state index contributed by atoms with van der Waals surface area (Å²) >= 11 is 0. The molecule has 5 rings (SSSR count). The summed E-state index contributed by atoms with van der Waals surface area (Å²) in [5, 5.41) is 9.79. The van der Waals surface area contributed by atoms with Gasteiger partial charge < -0.3 is 9.97 Å². The lowest BCUT2D eigenvalue weighted by atomic mass is 10.0. The van der Waals surface area contributed by atoms with E-state index in [4.69, 9.17) is 5.21 Å². The second-order valence-electron chi connectivity index (χ2n) is 9.43. The summed E-state index contributed by atoms with van der Waals surface area (Å²) < 4.78 is 13.6. The highest BCUT2D eigenvalue weighted by Crippen LogP contribution is 2.37. The van der Waals surface area contributed by atoms with E-state index in [-0.39, 0.29) is 5.82 Å². The Morgan fingerprint density at radius 1 is 1.19 bits per heavy atom. The van der Waals surface area contributed by atoms with E-state index in [9.17, 15) is 9.18 Å². The molecule has 0 aliphatic heterocycles. The molecular formula is C29H31FN4O2. The normalized spacial score (nSPS) is 15.3. The summed E-state index contributed by atoms with van der Waals surface area (Å²) in [5.74, 6) is -0.775. The molecule has 4 aromatic rings. The Balaban J connectivity index is 1.39. The van der Waals surface area contributed by atoms with E-state index < -0.39 is 5.91 Å². The molecule has 0 bridgehead atoms. The van der Waals surface area contributed by atoms with E-state index in [0.29, 0.717) is 6.04 Å². The Kier molecular flexibility index (Phi) is 7.02. The van der Waals surface area contributed by atoms with Gasteiger partial charge in [0, 0.05) is 54.2 Å². The van der Waals surface area contributed by atoms with Gasteiger partial charge in [0.05, 0.1) is 0 Å². The van der Waals surface area contributed by atoms with Crippen molar-refractivity contribution in [2.24, 2.45) is 0 Å². The van der Waals surface area contributed by atoms with Crippen molar-refractivity contribution in [3.63, 3.8) is 0 Å². The first kappa shape index (κ1) is 24.0. The third-order valence-corrected chi connectivity index (χ3v) is 7.16. The molecule has 1 atom stereocenters. The first-order valence-electron chi connectivity index (χ1n) is 12.4. The number of nitrogens with one attached hydrogen (secondary N) is 3. The molecule has 7 heteroatoms. The van der Waals surface area contributed by atoms with E-state index in [1.165, 1.54) is 40.1 Å². The molecule has 0 fully saturated rings. The SMILES string of the molecule is CCc1cc(CN(CCc2c[nH]c3cc(F)ccc23)C2CCc3cc(C=CC(=O)NO)ccc32)c[nH]1. The van der Waals surface area contributed by atoms with E-state index in [2.05, 4.69) is 46.2 Å². The Morgan fingerprint density at radius 2 is 2.08 bits per heavy atom. The van der Waals surface area contributed by atoms with Crippen LogP contribution in [0.15, 0.2) is 60.9 Å². The van der Waals surface area contributed by atoms with Gasteiger partial charge in [0.1, 0.15) is 5.82 Å². The van der Waals surface area contributed by atoms with Crippen LogP contribution in [0.2, 0.25) is 0 Å². The maximum Gasteiger partial charge on any atom is 0.267 e. The zero-order chi connectivity index (χ0) is 25.1. The minimum Gasteiger partial charge on any atom is -0.365 e. The first-order valence-corrected chi connectivity index (χ1v) is 12.4. The van der Waals surface area contributed by atoms with Gasteiger partial charge in [-0.15, -0.1) is 0 Å². The number of carbonyl (C=O) groups is 1. The third-order valence-electron chi connectivity index (χ3n) is 7.16. The van der Waals surface area contributed by atoms with Gasteiger partial charge in [-0.05, 0) is 83.8 Å². The van der Waals surface area contributed by atoms with Gasteiger partial charge in [-0.1, -0.05) is 25.1 Å². The number of amides is 1. The highest BCUT2D eigenvalue weighted by Gasteiger charge is 2.28. The van der Waals surface area contributed by atoms with Crippen LogP contribution >= 0.6 is 0 Å². The van der Waals surface area contributed by atoms with E-state index in [1.54, 1.807) is 17.6 Å². The van der Waals surface area contributed by atoms with Gasteiger partial charge in [-0.2, -0.15) is 0 Å². The lowest BCUT2D eigenvalue weighted by Gasteiger charge is -2.29. The van der Waals surface area contributed by atoms with Crippen molar-refractivity contribution in [3.8, 4) is 0 Å². The predicted molar refractivity (Wildman–Crippen MR) is 139 cm³/mol. The van der Waals surface area contributed by atoms with Crippen LogP contribution in [-0.2, 0) is 30.6 Å². The fourth-order valence-electron chi connectivity index (χ4n) is 5.30. The van der Waals surface area contributed by atoms with Gasteiger partial charge in [-0.25, -0.2) is 9.87 Å². The number of H-pyrrole nitrogens is 2. The fraction of sp³-hybridized carbons (Fsp3) is 0.276. The highest BCUT2D eigenvalue weighted by molar-refractivity contribution is 5.90. The number of hydrogen-bond acceptors (Lipinski definition) is 3. The van der Waals surface area contributed by atoms with Gasteiger partial charge in [0.2, 0.25) is 0 Å². The largest absolute Gasteiger partial charge is 0.365 e. The van der Waals surface area contributed by atoms with Gasteiger partial charge in [-0.3, -0.25) is 14.9 Å². The van der Waals surface area contributed by atoms with Crippen molar-refractivity contribution < 1.29 is 14.4 Å². The van der Waals surface area contributed by atoms with Crippen molar-refractivity contribution in [1.82, 2.24) is 20.3 Å².